The number of hydrogen-bond donors (Lipinski definition) is 2. The first-order chi connectivity index (χ1) is 8.38. The van der Waals surface area contributed by atoms with Crippen molar-refractivity contribution in [2.24, 2.45) is 0 Å². The smallest absolute Gasteiger partial charge is 0.0410 e. The van der Waals surface area contributed by atoms with E-state index in [1.807, 2.05) is 18.2 Å². The molecule has 0 atom stereocenters. The van der Waals surface area contributed by atoms with Crippen molar-refractivity contribution in [3.05, 3.63) is 33.3 Å². The van der Waals surface area contributed by atoms with Crippen LogP contribution in [0.15, 0.2) is 22.7 Å². The topological polar surface area (TPSA) is 24.1 Å². The Bertz CT molecular complexity index is 375. The van der Waals surface area contributed by atoms with Crippen LogP contribution in [0.4, 0.5) is 0 Å². The van der Waals surface area contributed by atoms with E-state index in [0.717, 1.165) is 35.6 Å². The van der Waals surface area contributed by atoms with E-state index in [4.69, 9.17) is 11.6 Å². The molecule has 0 fully saturated rings. The molecule has 0 aliphatic rings. The van der Waals surface area contributed by atoms with Crippen LogP contribution in [0.2, 0.25) is 5.02 Å². The number of rotatable bonds is 6. The van der Waals surface area contributed by atoms with E-state index >= 15 is 0 Å². The van der Waals surface area contributed by atoms with Crippen LogP contribution in [0.1, 0.15) is 32.8 Å². The summed E-state index contributed by atoms with van der Waals surface area (Å²) >= 11 is 9.50. The van der Waals surface area contributed by atoms with E-state index < -0.39 is 0 Å². The first-order valence-electron chi connectivity index (χ1n) is 6.28. The second kappa shape index (κ2) is 7.49. The Hall–Kier alpha value is -0.0900. The molecule has 2 N–H and O–H groups in total. The lowest BCUT2D eigenvalue weighted by atomic mass is 10.1. The van der Waals surface area contributed by atoms with Gasteiger partial charge in [0.2, 0.25) is 0 Å². The molecule has 2 nitrogen and oxygen atoms in total. The summed E-state index contributed by atoms with van der Waals surface area (Å²) in [5.74, 6) is 0. The van der Waals surface area contributed by atoms with Gasteiger partial charge in [0.25, 0.3) is 0 Å². The number of benzene rings is 1. The summed E-state index contributed by atoms with van der Waals surface area (Å²) in [6.07, 6.45) is 1.12. The average molecular weight is 334 g/mol. The molecule has 18 heavy (non-hydrogen) atoms. The monoisotopic (exact) mass is 332 g/mol. The van der Waals surface area contributed by atoms with Gasteiger partial charge in [-0.15, -0.1) is 0 Å². The largest absolute Gasteiger partial charge is 0.313 e. The molecule has 0 spiro atoms. The van der Waals surface area contributed by atoms with Gasteiger partial charge in [-0.3, -0.25) is 0 Å². The van der Waals surface area contributed by atoms with Crippen LogP contribution >= 0.6 is 27.5 Å². The van der Waals surface area contributed by atoms with Gasteiger partial charge in [0.15, 0.2) is 0 Å². The highest BCUT2D eigenvalue weighted by Crippen LogP contribution is 2.20. The minimum absolute atomic E-state index is 0.204. The van der Waals surface area contributed by atoms with E-state index in [2.05, 4.69) is 47.3 Å². The molecule has 0 heterocycles. The summed E-state index contributed by atoms with van der Waals surface area (Å²) in [6.45, 7) is 9.43. The normalized spacial score (nSPS) is 11.8. The molecule has 1 aromatic carbocycles. The molecule has 0 unspecified atom stereocenters. The molecule has 0 radical (unpaired) electrons. The molecule has 0 amide bonds. The maximum atomic E-state index is 5.97. The molecule has 0 saturated heterocycles. The fourth-order valence-electron chi connectivity index (χ4n) is 1.58. The fraction of sp³-hybridized carbons (Fsp3) is 0.571. The van der Waals surface area contributed by atoms with Gasteiger partial charge in [-0.25, -0.2) is 0 Å². The van der Waals surface area contributed by atoms with Crippen LogP contribution in [0.25, 0.3) is 0 Å². The molecule has 0 saturated carbocycles. The van der Waals surface area contributed by atoms with Crippen molar-refractivity contribution < 1.29 is 0 Å². The van der Waals surface area contributed by atoms with Gasteiger partial charge >= 0.3 is 0 Å². The summed E-state index contributed by atoms with van der Waals surface area (Å²) in [5.41, 5.74) is 1.40. The first-order valence-corrected chi connectivity index (χ1v) is 7.45. The van der Waals surface area contributed by atoms with E-state index in [9.17, 15) is 0 Å². The first kappa shape index (κ1) is 16.0. The summed E-state index contributed by atoms with van der Waals surface area (Å²) in [6, 6.07) is 5.87. The second-order valence-corrected chi connectivity index (χ2v) is 6.73. The van der Waals surface area contributed by atoms with E-state index in [0.29, 0.717) is 0 Å². The van der Waals surface area contributed by atoms with Gasteiger partial charge in [0.1, 0.15) is 0 Å². The number of halogens is 2. The predicted molar refractivity (Wildman–Crippen MR) is 83.2 cm³/mol. The van der Waals surface area contributed by atoms with Crippen LogP contribution in [0, 0.1) is 0 Å². The number of nitrogens with one attached hydrogen (secondary N) is 2. The van der Waals surface area contributed by atoms with Crippen molar-refractivity contribution in [3.8, 4) is 0 Å². The molecule has 4 heteroatoms. The maximum absolute atomic E-state index is 5.97. The molecule has 0 bridgehead atoms. The standard InChI is InChI=1S/C14H22BrClN2/c1-14(2,3)18-8-4-7-17-10-11-9-12(16)5-6-13(11)15/h5-6,9,17-18H,4,7-8,10H2,1-3H3. The summed E-state index contributed by atoms with van der Waals surface area (Å²) in [7, 11) is 0. The minimum atomic E-state index is 0.204. The van der Waals surface area contributed by atoms with Gasteiger partial charge < -0.3 is 10.6 Å². The van der Waals surface area contributed by atoms with Crippen molar-refractivity contribution in [1.82, 2.24) is 10.6 Å². The zero-order valence-electron chi connectivity index (χ0n) is 11.3. The van der Waals surface area contributed by atoms with Gasteiger partial charge in [0.05, 0.1) is 0 Å². The zero-order chi connectivity index (χ0) is 13.6. The Kier molecular flexibility index (Phi) is 6.64. The van der Waals surface area contributed by atoms with Crippen molar-refractivity contribution in [1.29, 1.82) is 0 Å². The van der Waals surface area contributed by atoms with Crippen molar-refractivity contribution in [2.45, 2.75) is 39.3 Å². The zero-order valence-corrected chi connectivity index (χ0v) is 13.7. The van der Waals surface area contributed by atoms with Crippen LogP contribution in [-0.4, -0.2) is 18.6 Å². The Balaban J connectivity index is 2.20. The third kappa shape index (κ3) is 6.74. The molecule has 0 aliphatic carbocycles. The molecule has 1 aromatic rings. The highest BCUT2D eigenvalue weighted by molar-refractivity contribution is 9.10. The number of hydrogen-bond acceptors (Lipinski definition) is 2. The summed E-state index contributed by atoms with van der Waals surface area (Å²) < 4.78 is 1.10. The molecule has 102 valence electrons. The van der Waals surface area contributed by atoms with Gasteiger partial charge in [-0.05, 0) is 64.0 Å². The van der Waals surface area contributed by atoms with Crippen molar-refractivity contribution in [2.75, 3.05) is 13.1 Å². The molecule has 0 aromatic heterocycles. The predicted octanol–water partition coefficient (Wildman–Crippen LogP) is 3.97. The Labute approximate surface area is 124 Å². The van der Waals surface area contributed by atoms with Crippen molar-refractivity contribution in [3.63, 3.8) is 0 Å². The van der Waals surface area contributed by atoms with Crippen LogP contribution in [0.3, 0.4) is 0 Å². The van der Waals surface area contributed by atoms with Crippen LogP contribution in [0.5, 0.6) is 0 Å². The van der Waals surface area contributed by atoms with Crippen LogP contribution in [-0.2, 0) is 6.54 Å². The lowest BCUT2D eigenvalue weighted by Crippen LogP contribution is -2.37. The highest BCUT2D eigenvalue weighted by atomic mass is 79.9. The van der Waals surface area contributed by atoms with Gasteiger partial charge in [-0.2, -0.15) is 0 Å². The van der Waals surface area contributed by atoms with Crippen molar-refractivity contribution >= 4 is 27.5 Å². The third-order valence-corrected chi connectivity index (χ3v) is 3.52. The molecular formula is C14H22BrClN2. The van der Waals surface area contributed by atoms with Gasteiger partial charge in [-0.1, -0.05) is 27.5 Å². The Morgan fingerprint density at radius 3 is 2.61 bits per heavy atom. The minimum Gasteiger partial charge on any atom is -0.313 e. The SMILES string of the molecule is CC(C)(C)NCCCNCc1cc(Cl)ccc1Br. The lowest BCUT2D eigenvalue weighted by Gasteiger charge is -2.20. The molecule has 0 aliphatic heterocycles. The maximum Gasteiger partial charge on any atom is 0.0410 e. The van der Waals surface area contributed by atoms with E-state index in [-0.39, 0.29) is 5.54 Å². The highest BCUT2D eigenvalue weighted by Gasteiger charge is 2.07. The van der Waals surface area contributed by atoms with E-state index in [1.54, 1.807) is 0 Å². The Morgan fingerprint density at radius 1 is 1.22 bits per heavy atom. The average Bonchev–Trinajstić information content (AvgIpc) is 2.26. The molecular weight excluding hydrogens is 312 g/mol. The van der Waals surface area contributed by atoms with E-state index in [1.165, 1.54) is 5.56 Å². The second-order valence-electron chi connectivity index (χ2n) is 5.44. The summed E-state index contributed by atoms with van der Waals surface area (Å²) in [5, 5.41) is 7.68. The quantitative estimate of drug-likeness (QED) is 0.770. The van der Waals surface area contributed by atoms with Crippen LogP contribution < -0.4 is 10.6 Å². The third-order valence-electron chi connectivity index (χ3n) is 2.51. The summed E-state index contributed by atoms with van der Waals surface area (Å²) in [4.78, 5) is 0. The Morgan fingerprint density at radius 2 is 1.94 bits per heavy atom. The molecule has 1 rings (SSSR count). The lowest BCUT2D eigenvalue weighted by molar-refractivity contribution is 0.418. The van der Waals surface area contributed by atoms with Gasteiger partial charge in [0, 0.05) is 21.6 Å². The fourth-order valence-corrected chi connectivity index (χ4v) is 2.16.